The number of carboxylic acids is 1. The number of ether oxygens (including phenoxy) is 3. The molecule has 2 saturated heterocycles. The number of allylic oxidation sites excluding steroid dienone is 1. The van der Waals surface area contributed by atoms with Gasteiger partial charge in [0.25, 0.3) is 5.91 Å². The molecule has 70 heavy (non-hydrogen) atoms. The van der Waals surface area contributed by atoms with Crippen molar-refractivity contribution < 1.29 is 74.6 Å². The number of aliphatic hydroxyl groups is 8. The maximum Gasteiger partial charge on any atom is 0.310 e. The van der Waals surface area contributed by atoms with Crippen LogP contribution in [0.2, 0.25) is 0 Å². The lowest BCUT2D eigenvalue weighted by molar-refractivity contribution is -0.291. The summed E-state index contributed by atoms with van der Waals surface area (Å²) in [7, 11) is 1.23. The minimum atomic E-state index is -1.88. The van der Waals surface area contributed by atoms with Crippen LogP contribution in [0.5, 0.6) is 0 Å². The molecule has 2 unspecified atom stereocenters. The number of esters is 1. The second-order valence-electron chi connectivity index (χ2n) is 18.5. The standard InChI is InChI=1S/C49H64N6O15/c1-8-24-20(3)28-15-30-22(5)26(10-11-36(56)57)39(53-30)27(14-37(58)68-7)40-38(23(6)31(54-40)17-33-25(9-2)21(4)29(52-33)16-32(24)51-28)47(65)50-12-13-55(18-34-41(59)43(61)45(63)48(66)69-34)19-35-42(60)44(62)46(64)49(67)70-35/h8,15-17,22,26,34-35,41-46,48-49,51-52,59-64,66-67H,1,9-14,18-19H2,2-7H3,(H,50,65)(H,56,57)/t22-,26-,34+,35+,41-,42-,43-,44-,45+,46+,48?,49?/m0/s1. The van der Waals surface area contributed by atoms with Crippen LogP contribution >= 0.6 is 0 Å². The van der Waals surface area contributed by atoms with Gasteiger partial charge < -0.3 is 75.5 Å². The predicted molar refractivity (Wildman–Crippen MR) is 253 cm³/mol. The Morgan fingerprint density at radius 2 is 1.41 bits per heavy atom. The SMILES string of the molecule is C=Cc1c(C)c2cc3nc(c(CC(=O)OC)c4nc(cc5[nH]c(cc1[nH]2)c(C)c5CC)C(C)=C4C(=O)NCCN(C[C@H]1OC(O)[C@H](O)[C@@H](O)[C@H]1O)C[C@H]1OC(O)[C@H](O)[C@@H](O)[C@H]1O)[C@@H](CCC(=O)O)[C@@H]3C. The molecule has 0 spiro atoms. The summed E-state index contributed by atoms with van der Waals surface area (Å²) >= 11 is 0. The third kappa shape index (κ3) is 10.3. The lowest BCUT2D eigenvalue weighted by Crippen LogP contribution is -2.62. The van der Waals surface area contributed by atoms with E-state index in [2.05, 4.69) is 21.9 Å². The molecule has 0 aliphatic carbocycles. The molecule has 8 bridgehead atoms. The third-order valence-corrected chi connectivity index (χ3v) is 14.1. The number of methoxy groups -OCH3 is 1. The van der Waals surface area contributed by atoms with Gasteiger partial charge in [-0.3, -0.25) is 24.3 Å². The molecule has 12 atom stereocenters. The molecule has 0 saturated carbocycles. The summed E-state index contributed by atoms with van der Waals surface area (Å²) in [6.07, 6.45) is -15.2. The van der Waals surface area contributed by atoms with Gasteiger partial charge in [-0.15, -0.1) is 0 Å². The number of aryl methyl sites for hydroxylation is 3. The molecule has 1 amide bonds. The summed E-state index contributed by atoms with van der Waals surface area (Å²) in [5.74, 6) is -3.25. The number of aromatic nitrogens is 4. The molecule has 3 aromatic rings. The van der Waals surface area contributed by atoms with Gasteiger partial charge in [-0.2, -0.15) is 0 Å². The zero-order valence-corrected chi connectivity index (χ0v) is 39.9. The van der Waals surface area contributed by atoms with Gasteiger partial charge in [-0.25, -0.2) is 4.98 Å². The minimum Gasteiger partial charge on any atom is -0.481 e. The van der Waals surface area contributed by atoms with Crippen LogP contribution in [0.1, 0.15) is 96.0 Å². The fourth-order valence-electron chi connectivity index (χ4n) is 9.95. The summed E-state index contributed by atoms with van der Waals surface area (Å²) in [4.78, 5) is 59.3. The molecular weight excluding hydrogens is 913 g/mol. The normalized spacial score (nSPS) is 28.0. The highest BCUT2D eigenvalue weighted by atomic mass is 16.6. The van der Waals surface area contributed by atoms with Crippen molar-refractivity contribution in [3.8, 4) is 0 Å². The molecule has 380 valence electrons. The molecule has 0 aromatic carbocycles. The highest BCUT2D eigenvalue weighted by Gasteiger charge is 2.46. The molecule has 3 aromatic heterocycles. The molecule has 4 aliphatic heterocycles. The summed E-state index contributed by atoms with van der Waals surface area (Å²) in [6, 6.07) is 5.75. The predicted octanol–water partition coefficient (Wildman–Crippen LogP) is 0.553. The molecular formula is C49H64N6O15. The quantitative estimate of drug-likeness (QED) is 0.0926. The maximum absolute atomic E-state index is 14.9. The van der Waals surface area contributed by atoms with Gasteiger partial charge in [0.2, 0.25) is 0 Å². The third-order valence-electron chi connectivity index (χ3n) is 14.1. The van der Waals surface area contributed by atoms with Crippen molar-refractivity contribution in [2.45, 2.75) is 134 Å². The zero-order valence-electron chi connectivity index (χ0n) is 39.9. The van der Waals surface area contributed by atoms with Crippen LogP contribution in [0.15, 0.2) is 24.8 Å². The average Bonchev–Trinajstić information content (AvgIpc) is 4.01. The number of aliphatic carboxylic acids is 1. The molecule has 21 heteroatoms. The first kappa shape index (κ1) is 52.4. The number of nitrogens with one attached hydrogen (secondary N) is 3. The molecule has 21 nitrogen and oxygen atoms in total. The Labute approximate surface area is 403 Å². The van der Waals surface area contributed by atoms with Crippen LogP contribution < -0.4 is 5.32 Å². The molecule has 2 fully saturated rings. The van der Waals surface area contributed by atoms with Crippen LogP contribution in [-0.4, -0.2) is 183 Å². The Hall–Kier alpha value is -5.43. The highest BCUT2D eigenvalue weighted by molar-refractivity contribution is 6.27. The van der Waals surface area contributed by atoms with Crippen molar-refractivity contribution in [1.29, 1.82) is 0 Å². The Morgan fingerprint density at radius 3 is 1.99 bits per heavy atom. The molecule has 0 radical (unpaired) electrons. The van der Waals surface area contributed by atoms with E-state index >= 15 is 0 Å². The van der Waals surface area contributed by atoms with E-state index in [1.807, 2.05) is 45.9 Å². The average molecular weight is 977 g/mol. The summed E-state index contributed by atoms with van der Waals surface area (Å²) in [5, 5.41) is 96.2. The number of aliphatic hydroxyl groups excluding tert-OH is 8. The first-order valence-corrected chi connectivity index (χ1v) is 23.3. The smallest absolute Gasteiger partial charge is 0.310 e. The number of hydrogen-bond acceptors (Lipinski definition) is 17. The molecule has 12 N–H and O–H groups in total. The Bertz CT molecular complexity index is 2660. The number of rotatable bonds is 15. The topological polar surface area (TPSA) is 334 Å². The van der Waals surface area contributed by atoms with Gasteiger partial charge in [0.05, 0.1) is 36.2 Å². The van der Waals surface area contributed by atoms with Gasteiger partial charge in [0.15, 0.2) is 12.6 Å². The second kappa shape index (κ2) is 21.5. The number of carboxylic acid groups (broad SMARTS) is 1. The molecule has 7 heterocycles. The number of carbonyl (C=O) groups excluding carboxylic acids is 2. The van der Waals surface area contributed by atoms with Crippen molar-refractivity contribution in [1.82, 2.24) is 30.2 Å². The van der Waals surface area contributed by atoms with E-state index in [1.165, 1.54) is 12.0 Å². The van der Waals surface area contributed by atoms with Crippen LogP contribution in [0.25, 0.3) is 39.3 Å². The van der Waals surface area contributed by atoms with Crippen molar-refractivity contribution >= 4 is 57.1 Å². The largest absolute Gasteiger partial charge is 0.481 e. The number of fused-ring (bicyclic) bond motifs is 8. The van der Waals surface area contributed by atoms with Crippen molar-refractivity contribution in [3.05, 3.63) is 75.4 Å². The van der Waals surface area contributed by atoms with E-state index in [0.717, 1.165) is 44.3 Å². The van der Waals surface area contributed by atoms with Gasteiger partial charge >= 0.3 is 11.9 Å². The lowest BCUT2D eigenvalue weighted by Gasteiger charge is -2.43. The number of aromatic amines is 2. The van der Waals surface area contributed by atoms with E-state index in [0.29, 0.717) is 29.1 Å². The van der Waals surface area contributed by atoms with E-state index in [9.17, 15) is 60.3 Å². The van der Waals surface area contributed by atoms with E-state index in [1.54, 1.807) is 13.0 Å². The number of H-pyrrole nitrogens is 2. The van der Waals surface area contributed by atoms with Crippen LogP contribution in [0, 0.1) is 13.8 Å². The van der Waals surface area contributed by atoms with Gasteiger partial charge in [-0.05, 0) is 74.1 Å². The van der Waals surface area contributed by atoms with E-state index in [-0.39, 0.29) is 68.2 Å². The first-order valence-electron chi connectivity index (χ1n) is 23.3. The number of hydrogen-bond donors (Lipinski definition) is 12. The summed E-state index contributed by atoms with van der Waals surface area (Å²) in [6.45, 7) is 12.8. The van der Waals surface area contributed by atoms with E-state index in [4.69, 9.17) is 24.2 Å². The first-order chi connectivity index (χ1) is 33.2. The maximum atomic E-state index is 14.9. The van der Waals surface area contributed by atoms with Crippen LogP contribution in [0.4, 0.5) is 0 Å². The van der Waals surface area contributed by atoms with Crippen molar-refractivity contribution in [2.75, 3.05) is 33.3 Å². The molecule has 4 aliphatic rings. The van der Waals surface area contributed by atoms with Crippen LogP contribution in [-0.2, 0) is 41.4 Å². The Morgan fingerprint density at radius 1 is 0.814 bits per heavy atom. The van der Waals surface area contributed by atoms with Gasteiger partial charge in [0.1, 0.15) is 48.8 Å². The number of amides is 1. The fourth-order valence-corrected chi connectivity index (χ4v) is 9.95. The van der Waals surface area contributed by atoms with Crippen LogP contribution in [0.3, 0.4) is 0 Å². The highest BCUT2D eigenvalue weighted by Crippen LogP contribution is 2.44. The Balaban J connectivity index is 1.37. The summed E-state index contributed by atoms with van der Waals surface area (Å²) < 4.78 is 16.0. The summed E-state index contributed by atoms with van der Waals surface area (Å²) in [5.41, 5.74) is 9.11. The van der Waals surface area contributed by atoms with Crippen molar-refractivity contribution in [3.63, 3.8) is 0 Å². The number of nitrogens with zero attached hydrogens (tertiary/aromatic N) is 3. The zero-order chi connectivity index (χ0) is 51.0. The van der Waals surface area contributed by atoms with Crippen molar-refractivity contribution in [2.24, 2.45) is 0 Å². The molecule has 7 rings (SSSR count). The Kier molecular flexibility index (Phi) is 16.1. The second-order valence-corrected chi connectivity index (χ2v) is 18.5. The monoisotopic (exact) mass is 976 g/mol. The fraction of sp³-hybridized carbons (Fsp3) is 0.531. The lowest BCUT2D eigenvalue weighted by atomic mass is 9.84. The van der Waals surface area contributed by atoms with Gasteiger partial charge in [-0.1, -0.05) is 26.5 Å². The minimum absolute atomic E-state index is 0.0801. The van der Waals surface area contributed by atoms with E-state index < -0.39 is 85.2 Å². The number of carbonyl (C=O) groups is 3. The van der Waals surface area contributed by atoms with Gasteiger partial charge in [0, 0.05) is 83.3 Å².